The number of hydrogen-bond acceptors (Lipinski definition) is 5. The number of benzene rings is 3. The number of rotatable bonds is 7. The first-order valence-electron chi connectivity index (χ1n) is 10.2. The molecular weight excluding hydrogens is 404 g/mol. The van der Waals surface area contributed by atoms with Crippen molar-refractivity contribution in [1.82, 2.24) is 10.3 Å². The summed E-state index contributed by atoms with van der Waals surface area (Å²) < 4.78 is 16.8. The van der Waals surface area contributed by atoms with Crippen LogP contribution in [0.2, 0.25) is 0 Å². The van der Waals surface area contributed by atoms with Gasteiger partial charge in [0.15, 0.2) is 5.76 Å². The summed E-state index contributed by atoms with van der Waals surface area (Å²) in [6, 6.07) is 22.4. The summed E-state index contributed by atoms with van der Waals surface area (Å²) in [5, 5.41) is 3.05. The lowest BCUT2D eigenvalue weighted by Crippen LogP contribution is -2.27. The van der Waals surface area contributed by atoms with Crippen molar-refractivity contribution in [2.45, 2.75) is 13.0 Å². The Morgan fingerprint density at radius 3 is 2.44 bits per heavy atom. The van der Waals surface area contributed by atoms with E-state index >= 15 is 0 Å². The second-order valence-electron chi connectivity index (χ2n) is 7.25. The third-order valence-electron chi connectivity index (χ3n) is 5.23. The average Bonchev–Trinajstić information content (AvgIpc) is 3.34. The highest BCUT2D eigenvalue weighted by Crippen LogP contribution is 2.35. The van der Waals surface area contributed by atoms with Crippen LogP contribution in [-0.4, -0.2) is 25.1 Å². The van der Waals surface area contributed by atoms with Crippen molar-refractivity contribution >= 4 is 5.91 Å². The highest BCUT2D eigenvalue weighted by atomic mass is 16.5. The van der Waals surface area contributed by atoms with Crippen LogP contribution in [0.3, 0.4) is 0 Å². The number of carbonyl (C=O) groups excluding carboxylic acids is 1. The topological polar surface area (TPSA) is 73.6 Å². The standard InChI is InChI=1S/C26H24N2O4/c1-17(18-9-5-4-6-10-18)28-25(29)20-11-7-8-12-21(20)26-27-16-24(32-26)22-14-13-19(30-2)15-23(22)31-3/h4-17H,1-3H3,(H,28,29)/t17-/m0/s1. The fraction of sp³-hybridized carbons (Fsp3) is 0.154. The van der Waals surface area contributed by atoms with E-state index in [9.17, 15) is 4.79 Å². The summed E-state index contributed by atoms with van der Waals surface area (Å²) >= 11 is 0. The molecule has 6 nitrogen and oxygen atoms in total. The Morgan fingerprint density at radius 2 is 1.69 bits per heavy atom. The Labute approximate surface area is 186 Å². The van der Waals surface area contributed by atoms with Gasteiger partial charge in [0, 0.05) is 11.6 Å². The van der Waals surface area contributed by atoms with Gasteiger partial charge in [-0.15, -0.1) is 0 Å². The van der Waals surface area contributed by atoms with Gasteiger partial charge in [0.05, 0.1) is 37.6 Å². The number of carbonyl (C=O) groups is 1. The number of hydrogen-bond donors (Lipinski definition) is 1. The maximum atomic E-state index is 13.1. The van der Waals surface area contributed by atoms with Gasteiger partial charge in [-0.3, -0.25) is 4.79 Å². The van der Waals surface area contributed by atoms with Gasteiger partial charge in [-0.25, -0.2) is 4.98 Å². The Bertz CT molecular complexity index is 1220. The van der Waals surface area contributed by atoms with E-state index in [-0.39, 0.29) is 11.9 Å². The fourth-order valence-corrected chi connectivity index (χ4v) is 3.49. The van der Waals surface area contributed by atoms with Gasteiger partial charge in [-0.05, 0) is 36.8 Å². The number of methoxy groups -OCH3 is 2. The second kappa shape index (κ2) is 9.39. The summed E-state index contributed by atoms with van der Waals surface area (Å²) in [6.07, 6.45) is 1.63. The van der Waals surface area contributed by atoms with E-state index in [0.717, 1.165) is 11.1 Å². The zero-order valence-corrected chi connectivity index (χ0v) is 18.2. The molecule has 0 radical (unpaired) electrons. The quantitative estimate of drug-likeness (QED) is 0.420. The molecule has 1 aromatic heterocycles. The molecule has 32 heavy (non-hydrogen) atoms. The van der Waals surface area contributed by atoms with Crippen LogP contribution in [0.4, 0.5) is 0 Å². The van der Waals surface area contributed by atoms with Crippen molar-refractivity contribution in [1.29, 1.82) is 0 Å². The zero-order valence-electron chi connectivity index (χ0n) is 18.2. The van der Waals surface area contributed by atoms with Gasteiger partial charge < -0.3 is 19.2 Å². The molecule has 1 amide bonds. The van der Waals surface area contributed by atoms with Crippen LogP contribution < -0.4 is 14.8 Å². The van der Waals surface area contributed by atoms with Gasteiger partial charge in [0.1, 0.15) is 11.5 Å². The lowest BCUT2D eigenvalue weighted by atomic mass is 10.0. The molecule has 0 aliphatic carbocycles. The van der Waals surface area contributed by atoms with Crippen molar-refractivity contribution in [3.8, 4) is 34.3 Å². The van der Waals surface area contributed by atoms with Crippen LogP contribution in [0.1, 0.15) is 28.9 Å². The van der Waals surface area contributed by atoms with Gasteiger partial charge in [-0.2, -0.15) is 0 Å². The lowest BCUT2D eigenvalue weighted by molar-refractivity contribution is 0.0940. The minimum atomic E-state index is -0.196. The summed E-state index contributed by atoms with van der Waals surface area (Å²) in [6.45, 7) is 1.95. The van der Waals surface area contributed by atoms with E-state index in [1.54, 1.807) is 32.5 Å². The van der Waals surface area contributed by atoms with Gasteiger partial charge in [-0.1, -0.05) is 42.5 Å². The minimum Gasteiger partial charge on any atom is -0.497 e. The van der Waals surface area contributed by atoms with Crippen LogP contribution in [0.5, 0.6) is 11.5 Å². The summed E-state index contributed by atoms with van der Waals surface area (Å²) in [5.74, 6) is 1.98. The molecule has 1 N–H and O–H groups in total. The predicted octanol–water partition coefficient (Wildman–Crippen LogP) is 5.52. The maximum Gasteiger partial charge on any atom is 0.252 e. The molecule has 0 aliphatic heterocycles. The lowest BCUT2D eigenvalue weighted by Gasteiger charge is -2.15. The number of nitrogens with one attached hydrogen (secondary N) is 1. The molecule has 0 fully saturated rings. The molecule has 4 aromatic rings. The van der Waals surface area contributed by atoms with E-state index in [4.69, 9.17) is 13.9 Å². The van der Waals surface area contributed by atoms with Crippen LogP contribution >= 0.6 is 0 Å². The molecule has 4 rings (SSSR count). The fourth-order valence-electron chi connectivity index (χ4n) is 3.49. The third-order valence-corrected chi connectivity index (χ3v) is 5.23. The first-order chi connectivity index (χ1) is 15.6. The second-order valence-corrected chi connectivity index (χ2v) is 7.25. The number of nitrogens with zero attached hydrogens (tertiary/aromatic N) is 1. The molecule has 6 heteroatoms. The molecule has 0 unspecified atom stereocenters. The van der Waals surface area contributed by atoms with Gasteiger partial charge in [0.2, 0.25) is 5.89 Å². The van der Waals surface area contributed by atoms with E-state index in [1.165, 1.54) is 0 Å². The third kappa shape index (κ3) is 4.34. The first-order valence-corrected chi connectivity index (χ1v) is 10.2. The predicted molar refractivity (Wildman–Crippen MR) is 123 cm³/mol. The summed E-state index contributed by atoms with van der Waals surface area (Å²) in [5.41, 5.74) is 2.88. The summed E-state index contributed by atoms with van der Waals surface area (Å²) in [4.78, 5) is 17.5. The number of oxazole rings is 1. The molecule has 3 aromatic carbocycles. The van der Waals surface area contributed by atoms with Crippen molar-refractivity contribution in [2.24, 2.45) is 0 Å². The molecule has 162 valence electrons. The first kappa shape index (κ1) is 21.2. The van der Waals surface area contributed by atoms with E-state index < -0.39 is 0 Å². The van der Waals surface area contributed by atoms with E-state index in [1.807, 2.05) is 67.6 Å². The smallest absolute Gasteiger partial charge is 0.252 e. The average molecular weight is 428 g/mol. The van der Waals surface area contributed by atoms with Crippen LogP contribution in [0.15, 0.2) is 83.4 Å². The molecule has 0 bridgehead atoms. The van der Waals surface area contributed by atoms with E-state index in [0.29, 0.717) is 34.3 Å². The van der Waals surface area contributed by atoms with E-state index in [2.05, 4.69) is 10.3 Å². The Hall–Kier alpha value is -4.06. The molecule has 0 saturated carbocycles. The highest BCUT2D eigenvalue weighted by Gasteiger charge is 2.20. The van der Waals surface area contributed by atoms with Gasteiger partial charge >= 0.3 is 0 Å². The number of amides is 1. The SMILES string of the molecule is COc1ccc(-c2cnc(-c3ccccc3C(=O)N[C@@H](C)c3ccccc3)o2)c(OC)c1. The van der Waals surface area contributed by atoms with Crippen LogP contribution in [0, 0.1) is 0 Å². The Kier molecular flexibility index (Phi) is 6.22. The molecule has 0 spiro atoms. The van der Waals surface area contributed by atoms with Crippen LogP contribution in [-0.2, 0) is 0 Å². The molecule has 1 heterocycles. The number of aromatic nitrogens is 1. The van der Waals surface area contributed by atoms with Crippen molar-refractivity contribution in [3.63, 3.8) is 0 Å². The molecular formula is C26H24N2O4. The Morgan fingerprint density at radius 1 is 0.938 bits per heavy atom. The largest absolute Gasteiger partial charge is 0.497 e. The van der Waals surface area contributed by atoms with Crippen molar-refractivity contribution < 1.29 is 18.7 Å². The minimum absolute atomic E-state index is 0.138. The van der Waals surface area contributed by atoms with Crippen molar-refractivity contribution in [2.75, 3.05) is 14.2 Å². The molecule has 1 atom stereocenters. The monoisotopic (exact) mass is 428 g/mol. The van der Waals surface area contributed by atoms with Crippen LogP contribution in [0.25, 0.3) is 22.8 Å². The normalized spacial score (nSPS) is 11.6. The molecule has 0 saturated heterocycles. The molecule has 0 aliphatic rings. The zero-order chi connectivity index (χ0) is 22.5. The Balaban J connectivity index is 1.63. The highest BCUT2D eigenvalue weighted by molar-refractivity contribution is 6.00. The maximum absolute atomic E-state index is 13.1. The van der Waals surface area contributed by atoms with Gasteiger partial charge in [0.25, 0.3) is 5.91 Å². The summed E-state index contributed by atoms with van der Waals surface area (Å²) in [7, 11) is 3.19. The van der Waals surface area contributed by atoms with Crippen molar-refractivity contribution in [3.05, 3.63) is 90.1 Å². The number of ether oxygens (including phenoxy) is 2.